The molecular weight excluding hydrogens is 186 g/mol. The van der Waals surface area contributed by atoms with Crippen LogP contribution in [0.25, 0.3) is 11.0 Å². The van der Waals surface area contributed by atoms with Gasteiger partial charge in [0.25, 0.3) is 0 Å². The number of fused-ring (bicyclic) bond motifs is 1. The summed E-state index contributed by atoms with van der Waals surface area (Å²) >= 11 is 0. The number of H-pyrrole nitrogens is 1. The molecule has 5 N–H and O–H groups in total. The first kappa shape index (κ1) is 8.45. The van der Waals surface area contributed by atoms with Crippen LogP contribution < -0.4 is 11.3 Å². The number of aromatic amines is 1. The number of hydrogen-bond donors (Lipinski definition) is 4. The smallest absolute Gasteiger partial charge is 0.339 e. The molecule has 0 bridgehead atoms. The molecule has 2 rings (SSSR count). The molecule has 0 aliphatic rings. The Morgan fingerprint density at radius 2 is 2.36 bits per heavy atom. The zero-order valence-corrected chi connectivity index (χ0v) is 6.98. The fraction of sp³-hybridized carbons (Fsp3) is 0. The number of nitrogen functional groups attached to an aromatic ring is 1. The molecule has 0 aliphatic heterocycles. The molecule has 2 aromatic heterocycles. The van der Waals surface area contributed by atoms with Gasteiger partial charge in [0.05, 0.1) is 17.3 Å². The Kier molecular flexibility index (Phi) is 1.79. The number of rotatable bonds is 2. The first-order chi connectivity index (χ1) is 6.74. The van der Waals surface area contributed by atoms with Gasteiger partial charge in [-0.15, -0.1) is 0 Å². The number of pyridine rings is 1. The molecule has 0 fully saturated rings. The summed E-state index contributed by atoms with van der Waals surface area (Å²) in [5, 5.41) is 15.7. The molecule has 72 valence electrons. The largest absolute Gasteiger partial charge is 0.478 e. The number of carboxylic acid groups (broad SMARTS) is 1. The van der Waals surface area contributed by atoms with Crippen LogP contribution in [-0.4, -0.2) is 26.3 Å². The third-order valence-corrected chi connectivity index (χ3v) is 1.86. The van der Waals surface area contributed by atoms with Gasteiger partial charge in [0.15, 0.2) is 5.65 Å². The Hall–Kier alpha value is -2.15. The van der Waals surface area contributed by atoms with Crippen LogP contribution in [-0.2, 0) is 0 Å². The fourth-order valence-corrected chi connectivity index (χ4v) is 1.22. The first-order valence-corrected chi connectivity index (χ1v) is 3.76. The number of hydrogen-bond acceptors (Lipinski definition) is 5. The Morgan fingerprint density at radius 1 is 1.57 bits per heavy atom. The Balaban J connectivity index is 2.78. The summed E-state index contributed by atoms with van der Waals surface area (Å²) in [5.74, 6) is 4.14. The van der Waals surface area contributed by atoms with Crippen LogP contribution in [0.1, 0.15) is 10.4 Å². The molecule has 0 aliphatic carbocycles. The summed E-state index contributed by atoms with van der Waals surface area (Å²) in [6.07, 6.45) is 2.68. The number of hydrazine groups is 1. The minimum atomic E-state index is -1.09. The predicted molar refractivity (Wildman–Crippen MR) is 48.7 cm³/mol. The van der Waals surface area contributed by atoms with Crippen molar-refractivity contribution >= 4 is 22.7 Å². The van der Waals surface area contributed by atoms with Gasteiger partial charge in [-0.3, -0.25) is 10.9 Å². The van der Waals surface area contributed by atoms with Crippen LogP contribution in [0.4, 0.5) is 5.69 Å². The summed E-state index contributed by atoms with van der Waals surface area (Å²) in [7, 11) is 0. The second kappa shape index (κ2) is 2.96. The molecule has 0 radical (unpaired) electrons. The van der Waals surface area contributed by atoms with E-state index < -0.39 is 5.97 Å². The number of aromatic carboxylic acids is 1. The Bertz CT molecular complexity index is 492. The highest BCUT2D eigenvalue weighted by atomic mass is 16.4. The van der Waals surface area contributed by atoms with Crippen molar-refractivity contribution in [1.82, 2.24) is 15.2 Å². The summed E-state index contributed by atoms with van der Waals surface area (Å²) < 4.78 is 0. The van der Waals surface area contributed by atoms with E-state index in [1.165, 1.54) is 12.4 Å². The van der Waals surface area contributed by atoms with E-state index in [1.807, 2.05) is 0 Å². The van der Waals surface area contributed by atoms with E-state index in [0.29, 0.717) is 16.7 Å². The van der Waals surface area contributed by atoms with E-state index >= 15 is 0 Å². The maximum absolute atomic E-state index is 10.8. The highest BCUT2D eigenvalue weighted by Crippen LogP contribution is 2.23. The molecular formula is C7H7N5O2. The topological polar surface area (TPSA) is 117 Å². The normalized spacial score (nSPS) is 10.4. The van der Waals surface area contributed by atoms with Crippen molar-refractivity contribution in [2.75, 3.05) is 5.43 Å². The van der Waals surface area contributed by atoms with Crippen molar-refractivity contribution in [3.63, 3.8) is 0 Å². The molecule has 0 amide bonds. The third-order valence-electron chi connectivity index (χ3n) is 1.86. The minimum Gasteiger partial charge on any atom is -0.478 e. The third kappa shape index (κ3) is 1.07. The number of anilines is 1. The number of nitrogens with zero attached hydrogens (tertiary/aromatic N) is 2. The maximum Gasteiger partial charge on any atom is 0.339 e. The molecule has 7 heteroatoms. The summed E-state index contributed by atoms with van der Waals surface area (Å²) in [6, 6.07) is 0. The van der Waals surface area contributed by atoms with E-state index in [0.717, 1.165) is 0 Å². The van der Waals surface area contributed by atoms with E-state index in [4.69, 9.17) is 10.9 Å². The SMILES string of the molecule is NNc1c(C(=O)O)cnc2[nH]ncc12. The van der Waals surface area contributed by atoms with Crippen molar-refractivity contribution < 1.29 is 9.90 Å². The molecule has 0 aromatic carbocycles. The van der Waals surface area contributed by atoms with Gasteiger partial charge in [0, 0.05) is 6.20 Å². The second-order valence-electron chi connectivity index (χ2n) is 2.63. The number of carbonyl (C=O) groups is 1. The van der Waals surface area contributed by atoms with Gasteiger partial charge in [0.2, 0.25) is 0 Å². The molecule has 0 atom stereocenters. The van der Waals surface area contributed by atoms with Crippen LogP contribution in [0.5, 0.6) is 0 Å². The van der Waals surface area contributed by atoms with Gasteiger partial charge in [-0.2, -0.15) is 5.10 Å². The first-order valence-electron chi connectivity index (χ1n) is 3.76. The van der Waals surface area contributed by atoms with Crippen molar-refractivity contribution in [1.29, 1.82) is 0 Å². The number of nitrogens with one attached hydrogen (secondary N) is 2. The highest BCUT2D eigenvalue weighted by molar-refractivity contribution is 6.02. The molecule has 2 aromatic rings. The second-order valence-corrected chi connectivity index (χ2v) is 2.63. The van der Waals surface area contributed by atoms with Crippen LogP contribution in [0.3, 0.4) is 0 Å². The number of carboxylic acids is 1. The fourth-order valence-electron chi connectivity index (χ4n) is 1.22. The summed E-state index contributed by atoms with van der Waals surface area (Å²) in [6.45, 7) is 0. The van der Waals surface area contributed by atoms with Gasteiger partial charge in [-0.25, -0.2) is 9.78 Å². The average molecular weight is 193 g/mol. The van der Waals surface area contributed by atoms with E-state index in [1.54, 1.807) is 0 Å². The highest BCUT2D eigenvalue weighted by Gasteiger charge is 2.14. The number of nitrogens with two attached hydrogens (primary N) is 1. The predicted octanol–water partition coefficient (Wildman–Crippen LogP) is -0.0583. The quantitative estimate of drug-likeness (QED) is 0.392. The molecule has 7 nitrogen and oxygen atoms in total. The molecule has 0 saturated heterocycles. The Morgan fingerprint density at radius 3 is 3.00 bits per heavy atom. The zero-order chi connectivity index (χ0) is 10.1. The van der Waals surface area contributed by atoms with Crippen molar-refractivity contribution in [3.8, 4) is 0 Å². The summed E-state index contributed by atoms with van der Waals surface area (Å²) in [4.78, 5) is 14.7. The van der Waals surface area contributed by atoms with E-state index in [-0.39, 0.29) is 5.56 Å². The van der Waals surface area contributed by atoms with Crippen molar-refractivity contribution in [2.45, 2.75) is 0 Å². The van der Waals surface area contributed by atoms with Crippen LogP contribution in [0.15, 0.2) is 12.4 Å². The standard InChI is InChI=1S/C7H7N5O2/c8-11-5-3-2-10-12-6(3)9-1-4(5)7(13)14/h1-2H,8H2,(H,13,14)(H2,9,10,11,12). The van der Waals surface area contributed by atoms with Gasteiger partial charge in [0.1, 0.15) is 5.56 Å². The van der Waals surface area contributed by atoms with E-state index in [9.17, 15) is 4.79 Å². The van der Waals surface area contributed by atoms with Gasteiger partial charge < -0.3 is 10.5 Å². The van der Waals surface area contributed by atoms with Gasteiger partial charge in [-0.1, -0.05) is 0 Å². The molecule has 2 heterocycles. The zero-order valence-electron chi connectivity index (χ0n) is 6.98. The van der Waals surface area contributed by atoms with Crippen molar-refractivity contribution in [2.24, 2.45) is 5.84 Å². The number of aromatic nitrogens is 3. The van der Waals surface area contributed by atoms with E-state index in [2.05, 4.69) is 20.6 Å². The van der Waals surface area contributed by atoms with Crippen LogP contribution >= 0.6 is 0 Å². The molecule has 14 heavy (non-hydrogen) atoms. The molecule has 0 spiro atoms. The van der Waals surface area contributed by atoms with Crippen LogP contribution in [0, 0.1) is 0 Å². The van der Waals surface area contributed by atoms with Crippen molar-refractivity contribution in [3.05, 3.63) is 18.0 Å². The molecule has 0 unspecified atom stereocenters. The summed E-state index contributed by atoms with van der Waals surface area (Å²) in [5.41, 5.74) is 3.13. The van der Waals surface area contributed by atoms with Crippen LogP contribution in [0.2, 0.25) is 0 Å². The minimum absolute atomic E-state index is 0.0152. The van der Waals surface area contributed by atoms with Gasteiger partial charge in [-0.05, 0) is 0 Å². The lowest BCUT2D eigenvalue weighted by molar-refractivity contribution is 0.0697. The maximum atomic E-state index is 10.8. The average Bonchev–Trinajstić information content (AvgIpc) is 2.63. The van der Waals surface area contributed by atoms with Gasteiger partial charge >= 0.3 is 5.97 Å². The lowest BCUT2D eigenvalue weighted by Gasteiger charge is -2.04. The lowest BCUT2D eigenvalue weighted by atomic mass is 10.2. The Labute approximate surface area is 77.9 Å². The molecule has 0 saturated carbocycles. The monoisotopic (exact) mass is 193 g/mol. The lowest BCUT2D eigenvalue weighted by Crippen LogP contribution is -2.12.